The van der Waals surface area contributed by atoms with Crippen molar-refractivity contribution in [2.45, 2.75) is 6.92 Å². The first-order chi connectivity index (χ1) is 8.58. The molecule has 0 heterocycles. The molecule has 0 aliphatic heterocycles. The maximum absolute atomic E-state index is 11.5. The fraction of sp³-hybridized carbons (Fsp3) is 0.333. The number of methoxy groups -OCH3 is 1. The Morgan fingerprint density at radius 1 is 1.39 bits per heavy atom. The van der Waals surface area contributed by atoms with Gasteiger partial charge in [-0.1, -0.05) is 6.92 Å². The van der Waals surface area contributed by atoms with Gasteiger partial charge in [-0.2, -0.15) is 0 Å². The standard InChI is InChI=1S/C12H16N2O4/c1-3-13-7-11(15)14-8-4-5-9(12(16)17)10(6-8)18-2/h4-6,13H,3,7H2,1-2H3,(H,14,15)(H,16,17). The van der Waals surface area contributed by atoms with Gasteiger partial charge in [-0.3, -0.25) is 4.79 Å². The number of anilines is 1. The predicted molar refractivity (Wildman–Crippen MR) is 67.1 cm³/mol. The number of ether oxygens (including phenoxy) is 1. The number of benzene rings is 1. The molecular weight excluding hydrogens is 236 g/mol. The van der Waals surface area contributed by atoms with Crippen LogP contribution in [0.3, 0.4) is 0 Å². The van der Waals surface area contributed by atoms with Gasteiger partial charge in [0.25, 0.3) is 0 Å². The second kappa shape index (κ2) is 6.61. The summed E-state index contributed by atoms with van der Waals surface area (Å²) in [4.78, 5) is 22.3. The minimum atomic E-state index is -1.07. The highest BCUT2D eigenvalue weighted by Crippen LogP contribution is 2.23. The van der Waals surface area contributed by atoms with Crippen LogP contribution >= 0.6 is 0 Å². The number of carbonyl (C=O) groups excluding carboxylic acids is 1. The summed E-state index contributed by atoms with van der Waals surface area (Å²) in [6.45, 7) is 2.81. The number of likely N-dealkylation sites (N-methyl/N-ethyl adjacent to an activating group) is 1. The first-order valence-electron chi connectivity index (χ1n) is 5.50. The Bertz CT molecular complexity index is 446. The zero-order chi connectivity index (χ0) is 13.5. The molecule has 0 unspecified atom stereocenters. The fourth-order valence-electron chi connectivity index (χ4n) is 1.39. The van der Waals surface area contributed by atoms with E-state index in [1.54, 1.807) is 0 Å². The molecule has 1 aromatic rings. The summed E-state index contributed by atoms with van der Waals surface area (Å²) in [5.74, 6) is -1.05. The van der Waals surface area contributed by atoms with Gasteiger partial charge in [0, 0.05) is 11.8 Å². The van der Waals surface area contributed by atoms with Crippen LogP contribution in [0.2, 0.25) is 0 Å². The third-order valence-electron chi connectivity index (χ3n) is 2.25. The van der Waals surface area contributed by atoms with E-state index in [4.69, 9.17) is 9.84 Å². The molecular formula is C12H16N2O4. The summed E-state index contributed by atoms with van der Waals surface area (Å²) in [7, 11) is 1.38. The van der Waals surface area contributed by atoms with Gasteiger partial charge >= 0.3 is 5.97 Å². The van der Waals surface area contributed by atoms with Crippen LogP contribution in [-0.4, -0.2) is 37.2 Å². The molecule has 0 saturated heterocycles. The summed E-state index contributed by atoms with van der Waals surface area (Å²) < 4.78 is 4.96. The second-order valence-corrected chi connectivity index (χ2v) is 3.55. The van der Waals surface area contributed by atoms with Crippen molar-refractivity contribution < 1.29 is 19.4 Å². The van der Waals surface area contributed by atoms with Gasteiger partial charge in [0.15, 0.2) is 0 Å². The molecule has 0 radical (unpaired) electrons. The molecule has 98 valence electrons. The van der Waals surface area contributed by atoms with Crippen molar-refractivity contribution in [3.63, 3.8) is 0 Å². The topological polar surface area (TPSA) is 87.7 Å². The minimum absolute atomic E-state index is 0.0576. The Hall–Kier alpha value is -2.08. The Morgan fingerprint density at radius 2 is 2.11 bits per heavy atom. The van der Waals surface area contributed by atoms with E-state index in [-0.39, 0.29) is 23.8 Å². The lowest BCUT2D eigenvalue weighted by Gasteiger charge is -2.09. The van der Waals surface area contributed by atoms with Crippen molar-refractivity contribution in [2.75, 3.05) is 25.5 Å². The number of aromatic carboxylic acids is 1. The molecule has 6 nitrogen and oxygen atoms in total. The molecule has 0 saturated carbocycles. The van der Waals surface area contributed by atoms with Gasteiger partial charge in [0.05, 0.1) is 13.7 Å². The van der Waals surface area contributed by atoms with Gasteiger partial charge in [-0.05, 0) is 18.7 Å². The van der Waals surface area contributed by atoms with Crippen LogP contribution in [0.25, 0.3) is 0 Å². The number of hydrogen-bond acceptors (Lipinski definition) is 4. The van der Waals surface area contributed by atoms with E-state index in [1.165, 1.54) is 25.3 Å². The van der Waals surface area contributed by atoms with E-state index in [2.05, 4.69) is 10.6 Å². The number of amides is 1. The van der Waals surface area contributed by atoms with Crippen molar-refractivity contribution in [3.8, 4) is 5.75 Å². The minimum Gasteiger partial charge on any atom is -0.496 e. The van der Waals surface area contributed by atoms with E-state index < -0.39 is 5.97 Å². The predicted octanol–water partition coefficient (Wildman–Crippen LogP) is 0.941. The first kappa shape index (κ1) is 14.0. The van der Waals surface area contributed by atoms with Gasteiger partial charge in [0.2, 0.25) is 5.91 Å². The highest BCUT2D eigenvalue weighted by molar-refractivity contribution is 5.95. The summed E-state index contributed by atoms with van der Waals surface area (Å²) in [5, 5.41) is 14.4. The maximum atomic E-state index is 11.5. The highest BCUT2D eigenvalue weighted by Gasteiger charge is 2.12. The Morgan fingerprint density at radius 3 is 2.67 bits per heavy atom. The van der Waals surface area contributed by atoms with Gasteiger partial charge in [-0.25, -0.2) is 4.79 Å². The number of nitrogens with one attached hydrogen (secondary N) is 2. The Labute approximate surface area is 105 Å². The molecule has 0 bridgehead atoms. The summed E-state index contributed by atoms with van der Waals surface area (Å²) in [6, 6.07) is 4.40. The van der Waals surface area contributed by atoms with Crippen LogP contribution in [0.1, 0.15) is 17.3 Å². The molecule has 6 heteroatoms. The van der Waals surface area contributed by atoms with E-state index in [1.807, 2.05) is 6.92 Å². The molecule has 0 spiro atoms. The lowest BCUT2D eigenvalue weighted by atomic mass is 10.2. The number of hydrogen-bond donors (Lipinski definition) is 3. The molecule has 1 amide bonds. The summed E-state index contributed by atoms with van der Waals surface area (Å²) in [5.41, 5.74) is 0.557. The second-order valence-electron chi connectivity index (χ2n) is 3.55. The Balaban J connectivity index is 2.79. The SMILES string of the molecule is CCNCC(=O)Nc1ccc(C(=O)O)c(OC)c1. The number of carbonyl (C=O) groups is 2. The van der Waals surface area contributed by atoms with Crippen molar-refractivity contribution in [1.82, 2.24) is 5.32 Å². The highest BCUT2D eigenvalue weighted by atomic mass is 16.5. The monoisotopic (exact) mass is 252 g/mol. The van der Waals surface area contributed by atoms with Crippen molar-refractivity contribution in [2.24, 2.45) is 0 Å². The van der Waals surface area contributed by atoms with Crippen LogP contribution in [-0.2, 0) is 4.79 Å². The van der Waals surface area contributed by atoms with Crippen molar-refractivity contribution in [3.05, 3.63) is 23.8 Å². The van der Waals surface area contributed by atoms with E-state index >= 15 is 0 Å². The molecule has 1 aromatic carbocycles. The van der Waals surface area contributed by atoms with Crippen molar-refractivity contribution in [1.29, 1.82) is 0 Å². The fourth-order valence-corrected chi connectivity index (χ4v) is 1.39. The van der Waals surface area contributed by atoms with E-state index in [0.29, 0.717) is 12.2 Å². The van der Waals surface area contributed by atoms with E-state index in [0.717, 1.165) is 0 Å². The number of rotatable bonds is 6. The van der Waals surface area contributed by atoms with Gasteiger partial charge in [0.1, 0.15) is 11.3 Å². The smallest absolute Gasteiger partial charge is 0.339 e. The van der Waals surface area contributed by atoms with Crippen LogP contribution in [0.15, 0.2) is 18.2 Å². The quantitative estimate of drug-likeness (QED) is 0.701. The third kappa shape index (κ3) is 3.74. The average molecular weight is 252 g/mol. The zero-order valence-electron chi connectivity index (χ0n) is 10.3. The lowest BCUT2D eigenvalue weighted by molar-refractivity contribution is -0.115. The molecule has 0 aromatic heterocycles. The van der Waals surface area contributed by atoms with Gasteiger partial charge < -0.3 is 20.5 Å². The molecule has 0 atom stereocenters. The lowest BCUT2D eigenvalue weighted by Crippen LogP contribution is -2.27. The molecule has 0 aliphatic carbocycles. The molecule has 0 aliphatic rings. The first-order valence-corrected chi connectivity index (χ1v) is 5.50. The third-order valence-corrected chi connectivity index (χ3v) is 2.25. The van der Waals surface area contributed by atoms with Crippen molar-refractivity contribution >= 4 is 17.6 Å². The largest absolute Gasteiger partial charge is 0.496 e. The molecule has 0 fully saturated rings. The average Bonchev–Trinajstić information content (AvgIpc) is 2.35. The molecule has 3 N–H and O–H groups in total. The van der Waals surface area contributed by atoms with Gasteiger partial charge in [-0.15, -0.1) is 0 Å². The Kier molecular flexibility index (Phi) is 5.13. The molecule has 18 heavy (non-hydrogen) atoms. The summed E-state index contributed by atoms with van der Waals surface area (Å²) in [6.07, 6.45) is 0. The van der Waals surface area contributed by atoms with Crippen LogP contribution < -0.4 is 15.4 Å². The van der Waals surface area contributed by atoms with Crippen LogP contribution in [0.4, 0.5) is 5.69 Å². The van der Waals surface area contributed by atoms with Crippen LogP contribution in [0, 0.1) is 0 Å². The normalized spacial score (nSPS) is 9.89. The number of carboxylic acid groups (broad SMARTS) is 1. The zero-order valence-corrected chi connectivity index (χ0v) is 10.3. The van der Waals surface area contributed by atoms with Crippen LogP contribution in [0.5, 0.6) is 5.75 Å². The maximum Gasteiger partial charge on any atom is 0.339 e. The number of carboxylic acids is 1. The summed E-state index contributed by atoms with van der Waals surface area (Å²) >= 11 is 0. The molecule has 1 rings (SSSR count). The van der Waals surface area contributed by atoms with E-state index in [9.17, 15) is 9.59 Å².